The molecule has 1 heterocycles. The van der Waals surface area contributed by atoms with E-state index in [1.54, 1.807) is 17.0 Å². The van der Waals surface area contributed by atoms with Crippen LogP contribution < -0.4 is 9.47 Å². The molecule has 0 bridgehead atoms. The van der Waals surface area contributed by atoms with Gasteiger partial charge in [-0.05, 0) is 40.4 Å². The predicted octanol–water partition coefficient (Wildman–Crippen LogP) is 2.65. The van der Waals surface area contributed by atoms with Crippen LogP contribution in [0.1, 0.15) is 23.7 Å². The first-order valence-electron chi connectivity index (χ1n) is 7.32. The molecule has 0 spiro atoms. The lowest BCUT2D eigenvalue weighted by molar-refractivity contribution is -0.145. The number of benzene rings is 1. The third-order valence-electron chi connectivity index (χ3n) is 4.19. The van der Waals surface area contributed by atoms with Crippen LogP contribution in [0.4, 0.5) is 0 Å². The van der Waals surface area contributed by atoms with Crippen molar-refractivity contribution in [2.45, 2.75) is 13.3 Å². The number of carboxylic acids is 1. The van der Waals surface area contributed by atoms with Gasteiger partial charge in [0.15, 0.2) is 11.5 Å². The molecule has 1 N–H and O–H groups in total. The van der Waals surface area contributed by atoms with Crippen molar-refractivity contribution in [3.8, 4) is 11.5 Å². The zero-order chi connectivity index (χ0) is 17.1. The second-order valence-corrected chi connectivity index (χ2v) is 6.51. The van der Waals surface area contributed by atoms with Gasteiger partial charge in [-0.15, -0.1) is 0 Å². The van der Waals surface area contributed by atoms with Gasteiger partial charge in [-0.25, -0.2) is 0 Å². The quantitative estimate of drug-likeness (QED) is 0.861. The molecule has 2 atom stereocenters. The molecule has 1 aliphatic rings. The Balaban J connectivity index is 2.21. The molecule has 0 aromatic heterocycles. The number of aliphatic carboxylic acids is 1. The molecule has 2 rings (SSSR count). The number of hydrogen-bond donors (Lipinski definition) is 1. The smallest absolute Gasteiger partial charge is 0.306 e. The number of amides is 1. The van der Waals surface area contributed by atoms with Crippen molar-refractivity contribution < 1.29 is 24.2 Å². The fourth-order valence-electron chi connectivity index (χ4n) is 2.92. The Hall–Kier alpha value is -1.76. The highest BCUT2D eigenvalue weighted by molar-refractivity contribution is 9.10. The number of methoxy groups -OCH3 is 2. The summed E-state index contributed by atoms with van der Waals surface area (Å²) >= 11 is 3.38. The molecule has 2 unspecified atom stereocenters. The Morgan fingerprint density at radius 2 is 2.00 bits per heavy atom. The van der Waals surface area contributed by atoms with E-state index >= 15 is 0 Å². The number of carboxylic acid groups (broad SMARTS) is 1. The van der Waals surface area contributed by atoms with E-state index in [-0.39, 0.29) is 11.8 Å². The van der Waals surface area contributed by atoms with Crippen molar-refractivity contribution >= 4 is 27.8 Å². The molecule has 0 radical (unpaired) electrons. The summed E-state index contributed by atoms with van der Waals surface area (Å²) in [5, 5.41) is 9.17. The number of piperidine rings is 1. The molecule has 0 aliphatic carbocycles. The van der Waals surface area contributed by atoms with Crippen LogP contribution in [-0.2, 0) is 4.79 Å². The van der Waals surface area contributed by atoms with E-state index in [1.165, 1.54) is 14.2 Å². The Morgan fingerprint density at radius 1 is 1.30 bits per heavy atom. The van der Waals surface area contributed by atoms with Crippen LogP contribution in [0.25, 0.3) is 0 Å². The van der Waals surface area contributed by atoms with Crippen molar-refractivity contribution in [3.63, 3.8) is 0 Å². The van der Waals surface area contributed by atoms with Crippen LogP contribution in [-0.4, -0.2) is 49.2 Å². The van der Waals surface area contributed by atoms with Gasteiger partial charge in [0.25, 0.3) is 5.91 Å². The number of likely N-dealkylation sites (tertiary alicyclic amines) is 1. The van der Waals surface area contributed by atoms with Crippen molar-refractivity contribution in [1.82, 2.24) is 4.90 Å². The highest BCUT2D eigenvalue weighted by Crippen LogP contribution is 2.37. The first kappa shape index (κ1) is 17.6. The summed E-state index contributed by atoms with van der Waals surface area (Å²) in [6.07, 6.45) is 0.469. The minimum absolute atomic E-state index is 0.0752. The molecule has 1 amide bonds. The summed E-state index contributed by atoms with van der Waals surface area (Å²) in [7, 11) is 3.04. The molecule has 0 saturated carbocycles. The summed E-state index contributed by atoms with van der Waals surface area (Å²) in [4.78, 5) is 25.6. The minimum Gasteiger partial charge on any atom is -0.493 e. The average molecular weight is 386 g/mol. The summed E-state index contributed by atoms with van der Waals surface area (Å²) in [6.45, 7) is 2.73. The lowest BCUT2D eigenvalue weighted by atomic mass is 9.87. The van der Waals surface area contributed by atoms with Gasteiger partial charge in [-0.2, -0.15) is 0 Å². The number of ether oxygens (including phenoxy) is 2. The molecule has 1 aliphatic heterocycles. The van der Waals surface area contributed by atoms with Crippen molar-refractivity contribution in [3.05, 3.63) is 22.2 Å². The van der Waals surface area contributed by atoms with E-state index in [9.17, 15) is 14.7 Å². The SMILES string of the molecule is COc1cc(C(=O)N2CCC(C(=O)O)C(C)C2)cc(Br)c1OC. The predicted molar refractivity (Wildman–Crippen MR) is 88.1 cm³/mol. The topological polar surface area (TPSA) is 76.1 Å². The van der Waals surface area contributed by atoms with Crippen LogP contribution in [0, 0.1) is 11.8 Å². The van der Waals surface area contributed by atoms with E-state index < -0.39 is 11.9 Å². The lowest BCUT2D eigenvalue weighted by Gasteiger charge is -2.35. The number of carbonyl (C=O) groups excluding carboxylic acids is 1. The molecule has 126 valence electrons. The van der Waals surface area contributed by atoms with Gasteiger partial charge in [0.1, 0.15) is 0 Å². The number of hydrogen-bond acceptors (Lipinski definition) is 4. The first-order chi connectivity index (χ1) is 10.9. The van der Waals surface area contributed by atoms with Gasteiger partial charge in [0, 0.05) is 18.7 Å². The van der Waals surface area contributed by atoms with Crippen molar-refractivity contribution in [2.24, 2.45) is 11.8 Å². The Kier molecular flexibility index (Phi) is 5.51. The second kappa shape index (κ2) is 7.21. The third-order valence-corrected chi connectivity index (χ3v) is 4.78. The van der Waals surface area contributed by atoms with Gasteiger partial charge in [-0.1, -0.05) is 6.92 Å². The molecule has 1 saturated heterocycles. The van der Waals surface area contributed by atoms with Gasteiger partial charge in [0.05, 0.1) is 24.6 Å². The summed E-state index contributed by atoms with van der Waals surface area (Å²) in [6, 6.07) is 3.33. The number of carbonyl (C=O) groups is 2. The van der Waals surface area contributed by atoms with Crippen LogP contribution >= 0.6 is 15.9 Å². The number of rotatable bonds is 4. The number of halogens is 1. The fourth-order valence-corrected chi connectivity index (χ4v) is 3.52. The van der Waals surface area contributed by atoms with Crippen LogP contribution in [0.2, 0.25) is 0 Å². The van der Waals surface area contributed by atoms with Crippen LogP contribution in [0.5, 0.6) is 11.5 Å². The van der Waals surface area contributed by atoms with E-state index in [0.29, 0.717) is 41.0 Å². The minimum atomic E-state index is -0.793. The molecule has 1 fully saturated rings. The van der Waals surface area contributed by atoms with Crippen LogP contribution in [0.15, 0.2) is 16.6 Å². The van der Waals surface area contributed by atoms with Gasteiger partial charge < -0.3 is 19.5 Å². The lowest BCUT2D eigenvalue weighted by Crippen LogP contribution is -2.45. The molecule has 7 heteroatoms. The van der Waals surface area contributed by atoms with Crippen molar-refractivity contribution in [1.29, 1.82) is 0 Å². The van der Waals surface area contributed by atoms with Gasteiger partial charge >= 0.3 is 5.97 Å². The monoisotopic (exact) mass is 385 g/mol. The third kappa shape index (κ3) is 3.60. The maximum atomic E-state index is 12.7. The van der Waals surface area contributed by atoms with Gasteiger partial charge in [-0.3, -0.25) is 9.59 Å². The maximum absolute atomic E-state index is 12.7. The van der Waals surface area contributed by atoms with E-state index in [1.807, 2.05) is 6.92 Å². The van der Waals surface area contributed by atoms with E-state index in [2.05, 4.69) is 15.9 Å². The van der Waals surface area contributed by atoms with Crippen molar-refractivity contribution in [2.75, 3.05) is 27.3 Å². The molecule has 23 heavy (non-hydrogen) atoms. The standard InChI is InChI=1S/C16H20BrNO5/c1-9-8-18(5-4-11(9)16(20)21)15(19)10-6-12(17)14(23-3)13(7-10)22-2/h6-7,9,11H,4-5,8H2,1-3H3,(H,20,21). The highest BCUT2D eigenvalue weighted by atomic mass is 79.9. The summed E-state index contributed by atoms with van der Waals surface area (Å²) < 4.78 is 11.1. The number of nitrogens with zero attached hydrogens (tertiary/aromatic N) is 1. The van der Waals surface area contributed by atoms with Crippen LogP contribution in [0.3, 0.4) is 0 Å². The Bertz CT molecular complexity index is 619. The fraction of sp³-hybridized carbons (Fsp3) is 0.500. The second-order valence-electron chi connectivity index (χ2n) is 5.66. The molecule has 1 aromatic carbocycles. The largest absolute Gasteiger partial charge is 0.493 e. The van der Waals surface area contributed by atoms with E-state index in [0.717, 1.165) is 0 Å². The molecule has 6 nitrogen and oxygen atoms in total. The highest BCUT2D eigenvalue weighted by Gasteiger charge is 2.33. The Labute approximate surface area is 143 Å². The summed E-state index contributed by atoms with van der Waals surface area (Å²) in [5.74, 6) is -0.397. The Morgan fingerprint density at radius 3 is 2.52 bits per heavy atom. The molecular weight excluding hydrogens is 366 g/mol. The maximum Gasteiger partial charge on any atom is 0.306 e. The first-order valence-corrected chi connectivity index (χ1v) is 8.12. The zero-order valence-electron chi connectivity index (χ0n) is 13.3. The normalized spacial score (nSPS) is 21.0. The summed E-state index contributed by atoms with van der Waals surface area (Å²) in [5.41, 5.74) is 0.482. The van der Waals surface area contributed by atoms with E-state index in [4.69, 9.17) is 9.47 Å². The van der Waals surface area contributed by atoms with Gasteiger partial charge in [0.2, 0.25) is 0 Å². The molecule has 1 aromatic rings. The molecular formula is C16H20BrNO5. The average Bonchev–Trinajstić information content (AvgIpc) is 2.52. The zero-order valence-corrected chi connectivity index (χ0v) is 14.9.